The molecule has 2 rings (SSSR count). The van der Waals surface area contributed by atoms with Crippen molar-refractivity contribution in [3.8, 4) is 0 Å². The van der Waals surface area contributed by atoms with Crippen molar-refractivity contribution in [1.82, 2.24) is 10.2 Å². The number of hydrogen-bond donors (Lipinski definition) is 1. The molecule has 0 radical (unpaired) electrons. The minimum absolute atomic E-state index is 0.00130. The first-order chi connectivity index (χ1) is 10.5. The van der Waals surface area contributed by atoms with Gasteiger partial charge in [-0.3, -0.25) is 9.59 Å². The van der Waals surface area contributed by atoms with E-state index in [0.717, 1.165) is 0 Å². The third-order valence-corrected chi connectivity index (χ3v) is 3.50. The van der Waals surface area contributed by atoms with Crippen LogP contribution in [-0.4, -0.2) is 48.6 Å². The van der Waals surface area contributed by atoms with Crippen molar-refractivity contribution in [3.63, 3.8) is 0 Å². The van der Waals surface area contributed by atoms with E-state index in [0.29, 0.717) is 18.7 Å². The Hall–Kier alpha value is -1.95. The number of hydrogen-bond acceptors (Lipinski definition) is 3. The second-order valence-electron chi connectivity index (χ2n) is 5.57. The topological polar surface area (TPSA) is 58.6 Å². The summed E-state index contributed by atoms with van der Waals surface area (Å²) in [5.74, 6) is -0.694. The number of nitrogens with zero attached hydrogens (tertiary/aromatic N) is 1. The van der Waals surface area contributed by atoms with E-state index in [1.807, 2.05) is 13.8 Å². The predicted octanol–water partition coefficient (Wildman–Crippen LogP) is 1.58. The van der Waals surface area contributed by atoms with Crippen LogP contribution in [0, 0.1) is 5.82 Å². The number of amides is 2. The van der Waals surface area contributed by atoms with Crippen LogP contribution < -0.4 is 5.32 Å². The van der Waals surface area contributed by atoms with Gasteiger partial charge in [-0.05, 0) is 38.1 Å². The first kappa shape index (κ1) is 16.4. The molecule has 5 nitrogen and oxygen atoms in total. The molecule has 1 heterocycles. The molecule has 1 N–H and O–H groups in total. The zero-order valence-corrected chi connectivity index (χ0v) is 12.8. The van der Waals surface area contributed by atoms with Gasteiger partial charge in [0.25, 0.3) is 5.91 Å². The summed E-state index contributed by atoms with van der Waals surface area (Å²) in [6.45, 7) is 5.29. The van der Waals surface area contributed by atoms with E-state index in [4.69, 9.17) is 4.74 Å². The molecule has 0 bridgehead atoms. The van der Waals surface area contributed by atoms with Crippen molar-refractivity contribution in [2.45, 2.75) is 32.5 Å². The normalized spacial score (nSPS) is 21.5. The molecule has 0 saturated carbocycles. The standard InChI is InChI=1S/C16H21FN2O3/c1-11-9-19(10-12(2)22-11)15(20)7-8-18-16(21)13-3-5-14(17)6-4-13/h3-6,11-12H,7-10H2,1-2H3,(H,18,21)/t11-,12-/m0/s1. The second-order valence-corrected chi connectivity index (χ2v) is 5.57. The van der Waals surface area contributed by atoms with E-state index in [2.05, 4.69) is 5.32 Å². The third-order valence-electron chi connectivity index (χ3n) is 3.50. The van der Waals surface area contributed by atoms with E-state index >= 15 is 0 Å². The third kappa shape index (κ3) is 4.53. The minimum atomic E-state index is -0.387. The zero-order valence-electron chi connectivity index (χ0n) is 12.8. The van der Waals surface area contributed by atoms with Gasteiger partial charge < -0.3 is 15.0 Å². The number of carbonyl (C=O) groups is 2. The van der Waals surface area contributed by atoms with Gasteiger partial charge in [0.2, 0.25) is 5.91 Å². The Morgan fingerprint density at radius 2 is 1.82 bits per heavy atom. The fourth-order valence-electron chi connectivity index (χ4n) is 2.53. The van der Waals surface area contributed by atoms with Gasteiger partial charge in [-0.1, -0.05) is 0 Å². The van der Waals surface area contributed by atoms with Gasteiger partial charge in [-0.2, -0.15) is 0 Å². The molecule has 0 aliphatic carbocycles. The van der Waals surface area contributed by atoms with Gasteiger partial charge in [-0.15, -0.1) is 0 Å². The number of rotatable bonds is 4. The summed E-state index contributed by atoms with van der Waals surface area (Å²) in [6.07, 6.45) is 0.301. The highest BCUT2D eigenvalue weighted by atomic mass is 19.1. The van der Waals surface area contributed by atoms with E-state index in [9.17, 15) is 14.0 Å². The maximum absolute atomic E-state index is 12.8. The number of benzene rings is 1. The van der Waals surface area contributed by atoms with Crippen LogP contribution in [0.4, 0.5) is 4.39 Å². The van der Waals surface area contributed by atoms with Gasteiger partial charge in [-0.25, -0.2) is 4.39 Å². The van der Waals surface area contributed by atoms with Crippen molar-refractivity contribution in [3.05, 3.63) is 35.6 Å². The molecular formula is C16H21FN2O3. The monoisotopic (exact) mass is 308 g/mol. The maximum atomic E-state index is 12.8. The largest absolute Gasteiger partial charge is 0.372 e. The summed E-state index contributed by atoms with van der Waals surface area (Å²) in [5.41, 5.74) is 0.377. The SMILES string of the molecule is C[C@H]1CN(C(=O)CCNC(=O)c2ccc(F)cc2)C[C@H](C)O1. The summed E-state index contributed by atoms with van der Waals surface area (Å²) in [5, 5.41) is 2.67. The first-order valence-corrected chi connectivity index (χ1v) is 7.42. The van der Waals surface area contributed by atoms with Crippen molar-refractivity contribution in [2.24, 2.45) is 0 Å². The summed E-state index contributed by atoms with van der Waals surface area (Å²) in [7, 11) is 0. The fraction of sp³-hybridized carbons (Fsp3) is 0.500. The number of morpholine rings is 1. The highest BCUT2D eigenvalue weighted by molar-refractivity contribution is 5.94. The summed E-state index contributed by atoms with van der Waals surface area (Å²) < 4.78 is 18.4. The second kappa shape index (κ2) is 7.35. The Labute approximate surface area is 129 Å². The summed E-state index contributed by atoms with van der Waals surface area (Å²) in [4.78, 5) is 25.7. The molecule has 2 atom stereocenters. The Bertz CT molecular complexity index is 523. The molecule has 6 heteroatoms. The van der Waals surface area contributed by atoms with E-state index in [1.54, 1.807) is 4.90 Å². The van der Waals surface area contributed by atoms with E-state index in [1.165, 1.54) is 24.3 Å². The molecule has 1 aliphatic rings. The molecule has 120 valence electrons. The molecule has 1 saturated heterocycles. The van der Waals surface area contributed by atoms with Crippen molar-refractivity contribution in [1.29, 1.82) is 0 Å². The number of carbonyl (C=O) groups excluding carboxylic acids is 2. The highest BCUT2D eigenvalue weighted by Gasteiger charge is 2.25. The van der Waals surface area contributed by atoms with Crippen LogP contribution in [0.2, 0.25) is 0 Å². The van der Waals surface area contributed by atoms with Gasteiger partial charge in [0.1, 0.15) is 5.82 Å². The molecule has 1 aromatic rings. The van der Waals surface area contributed by atoms with Gasteiger partial charge in [0.15, 0.2) is 0 Å². The minimum Gasteiger partial charge on any atom is -0.372 e. The highest BCUT2D eigenvalue weighted by Crippen LogP contribution is 2.11. The van der Waals surface area contributed by atoms with Crippen LogP contribution in [-0.2, 0) is 9.53 Å². The molecular weight excluding hydrogens is 287 g/mol. The van der Waals surface area contributed by atoms with Crippen LogP contribution in [0.3, 0.4) is 0 Å². The first-order valence-electron chi connectivity index (χ1n) is 7.42. The number of nitrogens with one attached hydrogen (secondary N) is 1. The summed E-state index contributed by atoms with van der Waals surface area (Å²) >= 11 is 0. The van der Waals surface area contributed by atoms with Crippen LogP contribution in [0.5, 0.6) is 0 Å². The van der Waals surface area contributed by atoms with Crippen LogP contribution in [0.25, 0.3) is 0 Å². The predicted molar refractivity (Wildman–Crippen MR) is 79.9 cm³/mol. The van der Waals surface area contributed by atoms with Crippen LogP contribution >= 0.6 is 0 Å². The molecule has 22 heavy (non-hydrogen) atoms. The Morgan fingerprint density at radius 3 is 2.41 bits per heavy atom. The van der Waals surface area contributed by atoms with Crippen molar-refractivity contribution >= 4 is 11.8 Å². The molecule has 0 unspecified atom stereocenters. The number of ether oxygens (including phenoxy) is 1. The van der Waals surface area contributed by atoms with Crippen molar-refractivity contribution < 1.29 is 18.7 Å². The van der Waals surface area contributed by atoms with Crippen molar-refractivity contribution in [2.75, 3.05) is 19.6 Å². The smallest absolute Gasteiger partial charge is 0.251 e. The number of halogens is 1. The Morgan fingerprint density at radius 1 is 1.23 bits per heavy atom. The molecule has 1 fully saturated rings. The van der Waals surface area contributed by atoms with Crippen LogP contribution in [0.15, 0.2) is 24.3 Å². The lowest BCUT2D eigenvalue weighted by Crippen LogP contribution is -2.48. The molecule has 0 aromatic heterocycles. The molecule has 0 spiro atoms. The lowest BCUT2D eigenvalue weighted by Gasteiger charge is -2.35. The fourth-order valence-corrected chi connectivity index (χ4v) is 2.53. The van der Waals surface area contributed by atoms with E-state index in [-0.39, 0.29) is 42.8 Å². The van der Waals surface area contributed by atoms with Crippen LogP contribution in [0.1, 0.15) is 30.6 Å². The van der Waals surface area contributed by atoms with E-state index < -0.39 is 0 Å². The van der Waals surface area contributed by atoms with Gasteiger partial charge >= 0.3 is 0 Å². The van der Waals surface area contributed by atoms with Gasteiger partial charge in [0, 0.05) is 31.6 Å². The zero-order chi connectivity index (χ0) is 16.1. The average molecular weight is 308 g/mol. The Balaban J connectivity index is 1.77. The quantitative estimate of drug-likeness (QED) is 0.919. The molecule has 2 amide bonds. The molecule has 1 aliphatic heterocycles. The Kier molecular flexibility index (Phi) is 5.49. The summed E-state index contributed by atoms with van der Waals surface area (Å²) in [6, 6.07) is 5.29. The average Bonchev–Trinajstić information content (AvgIpc) is 2.46. The lowest BCUT2D eigenvalue weighted by molar-refractivity contribution is -0.143. The molecule has 1 aromatic carbocycles. The van der Waals surface area contributed by atoms with Gasteiger partial charge in [0.05, 0.1) is 12.2 Å². The maximum Gasteiger partial charge on any atom is 0.251 e. The lowest BCUT2D eigenvalue weighted by atomic mass is 10.2.